The Bertz CT molecular complexity index is 528. The van der Waals surface area contributed by atoms with Crippen LogP contribution < -0.4 is 10.0 Å². The predicted octanol–water partition coefficient (Wildman–Crippen LogP) is 1.55. The van der Waals surface area contributed by atoms with Crippen LogP contribution in [0.1, 0.15) is 13.3 Å². The van der Waals surface area contributed by atoms with Crippen molar-refractivity contribution in [1.29, 1.82) is 0 Å². The van der Waals surface area contributed by atoms with E-state index in [4.69, 9.17) is 0 Å². The fourth-order valence-electron chi connectivity index (χ4n) is 1.12. The Morgan fingerprint density at radius 3 is 2.53 bits per heavy atom. The standard InChI is InChI=1S/C10H13FN2O3S/c1-3-10(14)12-7-4-5-9(8(11)6-7)13-17(2,15)16/h4-6,13H,3H2,1-2H3,(H,12,14). The molecule has 1 aromatic rings. The van der Waals surface area contributed by atoms with Gasteiger partial charge in [0.1, 0.15) is 5.82 Å². The Labute approximate surface area is 99.1 Å². The Morgan fingerprint density at radius 2 is 2.06 bits per heavy atom. The Hall–Kier alpha value is -1.63. The minimum atomic E-state index is -3.52. The van der Waals surface area contributed by atoms with E-state index in [1.54, 1.807) is 6.92 Å². The number of carbonyl (C=O) groups is 1. The zero-order chi connectivity index (χ0) is 13.1. The van der Waals surface area contributed by atoms with Crippen molar-refractivity contribution in [3.8, 4) is 0 Å². The van der Waals surface area contributed by atoms with Crippen LogP contribution >= 0.6 is 0 Å². The van der Waals surface area contributed by atoms with Crippen LogP contribution in [0.25, 0.3) is 0 Å². The second kappa shape index (κ2) is 5.13. The highest BCUT2D eigenvalue weighted by Crippen LogP contribution is 2.19. The van der Waals surface area contributed by atoms with Crippen molar-refractivity contribution in [2.24, 2.45) is 0 Å². The first-order valence-electron chi connectivity index (χ1n) is 4.89. The summed E-state index contributed by atoms with van der Waals surface area (Å²) in [5.41, 5.74) is 0.135. The normalized spacial score (nSPS) is 11.0. The third kappa shape index (κ3) is 4.39. The first-order valence-corrected chi connectivity index (χ1v) is 6.78. The highest BCUT2D eigenvalue weighted by atomic mass is 32.2. The number of halogens is 1. The highest BCUT2D eigenvalue weighted by molar-refractivity contribution is 7.92. The van der Waals surface area contributed by atoms with Gasteiger partial charge in [0.2, 0.25) is 15.9 Å². The molecule has 1 rings (SSSR count). The van der Waals surface area contributed by atoms with Gasteiger partial charge in [-0.3, -0.25) is 9.52 Å². The summed E-state index contributed by atoms with van der Waals surface area (Å²) < 4.78 is 37.3. The second-order valence-corrected chi connectivity index (χ2v) is 5.22. The zero-order valence-corrected chi connectivity index (χ0v) is 10.3. The number of nitrogens with one attached hydrogen (secondary N) is 2. The maximum atomic E-state index is 13.5. The Kier molecular flexibility index (Phi) is 4.06. The van der Waals surface area contributed by atoms with Gasteiger partial charge in [-0.25, -0.2) is 12.8 Å². The van der Waals surface area contributed by atoms with Crippen LogP contribution in [0.2, 0.25) is 0 Å². The maximum Gasteiger partial charge on any atom is 0.229 e. The van der Waals surface area contributed by atoms with Gasteiger partial charge >= 0.3 is 0 Å². The van der Waals surface area contributed by atoms with Crippen LogP contribution in [0.3, 0.4) is 0 Å². The lowest BCUT2D eigenvalue weighted by Gasteiger charge is -2.08. The number of anilines is 2. The van der Waals surface area contributed by atoms with Crippen molar-refractivity contribution in [1.82, 2.24) is 0 Å². The van der Waals surface area contributed by atoms with E-state index in [9.17, 15) is 17.6 Å². The summed E-state index contributed by atoms with van der Waals surface area (Å²) in [6, 6.07) is 3.73. The van der Waals surface area contributed by atoms with Crippen LogP contribution in [0.5, 0.6) is 0 Å². The van der Waals surface area contributed by atoms with Gasteiger partial charge in [-0.2, -0.15) is 0 Å². The smallest absolute Gasteiger partial charge is 0.229 e. The molecule has 94 valence electrons. The van der Waals surface area contributed by atoms with Crippen molar-refractivity contribution in [3.05, 3.63) is 24.0 Å². The molecule has 0 fully saturated rings. The molecule has 0 heterocycles. The number of hydrogen-bond acceptors (Lipinski definition) is 3. The van der Waals surface area contributed by atoms with Gasteiger partial charge in [0.15, 0.2) is 0 Å². The number of amides is 1. The molecule has 0 aliphatic heterocycles. The summed E-state index contributed by atoms with van der Waals surface area (Å²) in [6.07, 6.45) is 1.21. The molecule has 17 heavy (non-hydrogen) atoms. The van der Waals surface area contributed by atoms with E-state index in [0.717, 1.165) is 12.3 Å². The van der Waals surface area contributed by atoms with Gasteiger partial charge in [0, 0.05) is 12.1 Å². The van der Waals surface area contributed by atoms with Gasteiger partial charge in [0.05, 0.1) is 11.9 Å². The average Bonchev–Trinajstić information content (AvgIpc) is 2.20. The molecule has 0 radical (unpaired) electrons. The van der Waals surface area contributed by atoms with Gasteiger partial charge in [-0.1, -0.05) is 6.92 Å². The molecule has 1 amide bonds. The average molecular weight is 260 g/mol. The molecule has 0 aliphatic carbocycles. The largest absolute Gasteiger partial charge is 0.326 e. The number of rotatable bonds is 4. The first-order chi connectivity index (χ1) is 7.81. The van der Waals surface area contributed by atoms with Crippen molar-refractivity contribution in [2.45, 2.75) is 13.3 Å². The van der Waals surface area contributed by atoms with Crippen LogP contribution in [-0.2, 0) is 14.8 Å². The molecule has 0 aliphatic rings. The molecule has 1 aromatic carbocycles. The summed E-state index contributed by atoms with van der Waals surface area (Å²) in [6.45, 7) is 1.67. The molecule has 2 N–H and O–H groups in total. The fourth-order valence-corrected chi connectivity index (χ4v) is 1.69. The molecule has 0 spiro atoms. The van der Waals surface area contributed by atoms with Crippen LogP contribution in [0, 0.1) is 5.82 Å². The molecule has 0 atom stereocenters. The molecule has 0 bridgehead atoms. The van der Waals surface area contributed by atoms with E-state index >= 15 is 0 Å². The fraction of sp³-hybridized carbons (Fsp3) is 0.300. The minimum absolute atomic E-state index is 0.151. The van der Waals surface area contributed by atoms with Gasteiger partial charge in [-0.05, 0) is 18.2 Å². The minimum Gasteiger partial charge on any atom is -0.326 e. The van der Waals surface area contributed by atoms with Crippen molar-refractivity contribution in [2.75, 3.05) is 16.3 Å². The van der Waals surface area contributed by atoms with E-state index in [-0.39, 0.29) is 23.7 Å². The Morgan fingerprint density at radius 1 is 1.41 bits per heavy atom. The first kappa shape index (κ1) is 13.4. The lowest BCUT2D eigenvalue weighted by Crippen LogP contribution is -2.12. The van der Waals surface area contributed by atoms with E-state index in [0.29, 0.717) is 0 Å². The zero-order valence-electron chi connectivity index (χ0n) is 9.45. The number of hydrogen-bond donors (Lipinski definition) is 2. The van der Waals surface area contributed by atoms with Gasteiger partial charge < -0.3 is 5.32 Å². The second-order valence-electron chi connectivity index (χ2n) is 3.47. The lowest BCUT2D eigenvalue weighted by molar-refractivity contribution is -0.115. The van der Waals surface area contributed by atoms with Crippen molar-refractivity contribution < 1.29 is 17.6 Å². The summed E-state index contributed by atoms with van der Waals surface area (Å²) in [5, 5.41) is 2.47. The molecule has 0 saturated carbocycles. The third-order valence-corrected chi connectivity index (χ3v) is 2.46. The van der Waals surface area contributed by atoms with Gasteiger partial charge in [-0.15, -0.1) is 0 Å². The van der Waals surface area contributed by atoms with Crippen LogP contribution in [0.15, 0.2) is 18.2 Å². The van der Waals surface area contributed by atoms with Crippen LogP contribution in [0.4, 0.5) is 15.8 Å². The van der Waals surface area contributed by atoms with E-state index in [1.165, 1.54) is 12.1 Å². The number of benzene rings is 1. The third-order valence-electron chi connectivity index (χ3n) is 1.87. The molecular weight excluding hydrogens is 247 g/mol. The monoisotopic (exact) mass is 260 g/mol. The number of sulfonamides is 1. The summed E-state index contributed by atoms with van der Waals surface area (Å²) in [7, 11) is -3.52. The highest BCUT2D eigenvalue weighted by Gasteiger charge is 2.09. The van der Waals surface area contributed by atoms with E-state index in [1.807, 2.05) is 4.72 Å². The Balaban J connectivity index is 2.90. The molecule has 0 aromatic heterocycles. The summed E-state index contributed by atoms with van der Waals surface area (Å²) in [4.78, 5) is 11.1. The predicted molar refractivity (Wildman–Crippen MR) is 63.8 cm³/mol. The maximum absolute atomic E-state index is 13.5. The van der Waals surface area contributed by atoms with Crippen molar-refractivity contribution in [3.63, 3.8) is 0 Å². The number of carbonyl (C=O) groups excluding carboxylic acids is 1. The van der Waals surface area contributed by atoms with E-state index in [2.05, 4.69) is 5.32 Å². The summed E-state index contributed by atoms with van der Waals surface area (Å²) in [5.74, 6) is -0.988. The quantitative estimate of drug-likeness (QED) is 0.862. The topological polar surface area (TPSA) is 75.3 Å². The molecular formula is C10H13FN2O3S. The molecule has 0 saturated heterocycles. The lowest BCUT2D eigenvalue weighted by atomic mass is 10.2. The van der Waals surface area contributed by atoms with Gasteiger partial charge in [0.25, 0.3) is 0 Å². The molecule has 5 nitrogen and oxygen atoms in total. The van der Waals surface area contributed by atoms with E-state index < -0.39 is 15.8 Å². The van der Waals surface area contributed by atoms with Crippen molar-refractivity contribution >= 4 is 27.3 Å². The van der Waals surface area contributed by atoms with Crippen LogP contribution in [-0.4, -0.2) is 20.6 Å². The molecule has 7 heteroatoms. The SMILES string of the molecule is CCC(=O)Nc1ccc(NS(C)(=O)=O)c(F)c1. The molecule has 0 unspecified atom stereocenters. The summed E-state index contributed by atoms with van der Waals surface area (Å²) >= 11 is 0.